The summed E-state index contributed by atoms with van der Waals surface area (Å²) in [5.74, 6) is 1.24. The number of ketones is 1. The maximum atomic E-state index is 12.3. The summed E-state index contributed by atoms with van der Waals surface area (Å²) in [4.78, 5) is 12.3. The summed E-state index contributed by atoms with van der Waals surface area (Å²) in [6.45, 7) is 0. The minimum atomic E-state index is -0.316. The van der Waals surface area contributed by atoms with E-state index < -0.39 is 0 Å². The van der Waals surface area contributed by atoms with Crippen LogP contribution < -0.4 is 24.3 Å². The van der Waals surface area contributed by atoms with E-state index in [2.05, 4.69) is 11.4 Å². The molecule has 3 rings (SSSR count). The number of hydrogen-bond donors (Lipinski definition) is 3. The van der Waals surface area contributed by atoms with E-state index >= 15 is 0 Å². The van der Waals surface area contributed by atoms with Crippen LogP contribution in [0.1, 0.15) is 21.5 Å². The van der Waals surface area contributed by atoms with E-state index in [0.29, 0.717) is 34.1 Å². The fourth-order valence-electron chi connectivity index (χ4n) is 3.35. The van der Waals surface area contributed by atoms with Crippen molar-refractivity contribution >= 4 is 23.6 Å². The minimum Gasteiger partial charge on any atom is -0.534 e. The Bertz CT molecular complexity index is 1250. The molecule has 0 aliphatic heterocycles. The molecule has 0 amide bonds. The molecule has 0 heterocycles. The van der Waals surface area contributed by atoms with Crippen molar-refractivity contribution in [2.45, 2.75) is 0 Å². The zero-order valence-electron chi connectivity index (χ0n) is 21.3. The standard InChI is InChI=1S/C27H26NO7.CH3.U/c1-32-24-14-18(15-25(33-2)27(24)35-4)9-8-17-12-21(26(34-3)23(31)13-17)28-11-10-22(30)19-6-5-7-20(29)16-19;;/h5-6,8-16,28-29,31H,1-4H3;1H3;/q2*-1;+2/b9-8-,11-10-;;. The number of allylic oxidation sites excluding steroid dienone is 1. The number of hydrogen-bond acceptors (Lipinski definition) is 8. The largest absolute Gasteiger partial charge is 2.00 e. The number of aromatic hydroxyl groups is 2. The number of phenols is 2. The smallest absolute Gasteiger partial charge is 0.534 e. The van der Waals surface area contributed by atoms with Gasteiger partial charge < -0.3 is 41.9 Å². The van der Waals surface area contributed by atoms with Crippen molar-refractivity contribution in [2.75, 3.05) is 33.8 Å². The monoisotopic (exact) mass is 729 g/mol. The summed E-state index contributed by atoms with van der Waals surface area (Å²) in [6.07, 6.45) is 6.36. The van der Waals surface area contributed by atoms with Gasteiger partial charge in [0.05, 0.1) is 34.1 Å². The zero-order valence-corrected chi connectivity index (χ0v) is 25.5. The number of ether oxygens (including phenoxy) is 4. The zero-order chi connectivity index (χ0) is 25.4. The van der Waals surface area contributed by atoms with Crippen LogP contribution in [-0.2, 0) is 0 Å². The maximum absolute atomic E-state index is 12.3. The van der Waals surface area contributed by atoms with Gasteiger partial charge in [0.1, 0.15) is 0 Å². The van der Waals surface area contributed by atoms with Gasteiger partial charge in [0, 0.05) is 11.9 Å². The predicted molar refractivity (Wildman–Crippen MR) is 140 cm³/mol. The Morgan fingerprint density at radius 1 is 0.865 bits per heavy atom. The summed E-state index contributed by atoms with van der Waals surface area (Å²) < 4.78 is 21.4. The maximum Gasteiger partial charge on any atom is 2.00 e. The number of phenolic OH excluding ortho intramolecular Hbond substituents is 2. The molecular weight excluding hydrogens is 700 g/mol. The second-order valence-corrected chi connectivity index (χ2v) is 7.22. The normalized spacial score (nSPS) is 10.4. The average Bonchev–Trinajstić information content (AvgIpc) is 2.86. The molecule has 192 valence electrons. The van der Waals surface area contributed by atoms with Crippen LogP contribution in [0, 0.1) is 44.6 Å². The average molecular weight is 730 g/mol. The van der Waals surface area contributed by atoms with Gasteiger partial charge in [-0.1, -0.05) is 17.7 Å². The van der Waals surface area contributed by atoms with Crippen LogP contribution in [0.15, 0.2) is 54.7 Å². The molecule has 3 aromatic carbocycles. The van der Waals surface area contributed by atoms with E-state index in [-0.39, 0.29) is 61.6 Å². The molecule has 8 nitrogen and oxygen atoms in total. The van der Waals surface area contributed by atoms with E-state index in [1.807, 2.05) is 6.08 Å². The number of benzene rings is 3. The Labute approximate surface area is 240 Å². The van der Waals surface area contributed by atoms with Gasteiger partial charge in [0.25, 0.3) is 0 Å². The molecule has 0 radical (unpaired) electrons. The van der Waals surface area contributed by atoms with Crippen molar-refractivity contribution in [1.82, 2.24) is 0 Å². The molecule has 9 heteroatoms. The molecule has 0 aromatic heterocycles. The number of anilines is 1. The van der Waals surface area contributed by atoms with Crippen molar-refractivity contribution < 1.29 is 65.1 Å². The summed E-state index contributed by atoms with van der Waals surface area (Å²) in [6, 6.07) is 13.8. The predicted octanol–water partition coefficient (Wildman–Crippen LogP) is 5.36. The SMILES string of the molecule is COc1cc(/C=C\c2cc(O)c(OC)c(N/C=C\C(=O)c3cc[c-]c(O)c3)c2)cc(OC)c1OC.[CH3-].[U+2]. The Hall–Kier alpha value is -3.54. The van der Waals surface area contributed by atoms with E-state index in [1.165, 1.54) is 38.6 Å². The van der Waals surface area contributed by atoms with E-state index in [9.17, 15) is 15.0 Å². The van der Waals surface area contributed by atoms with Crippen molar-refractivity contribution in [3.63, 3.8) is 0 Å². The van der Waals surface area contributed by atoms with Crippen molar-refractivity contribution in [3.8, 4) is 34.5 Å². The molecule has 3 aromatic rings. The third-order valence-corrected chi connectivity index (χ3v) is 5.00. The van der Waals surface area contributed by atoms with Crippen molar-refractivity contribution in [3.05, 3.63) is 84.9 Å². The van der Waals surface area contributed by atoms with Gasteiger partial charge in [-0.15, -0.1) is 12.1 Å². The van der Waals surface area contributed by atoms with Crippen LogP contribution in [0.3, 0.4) is 0 Å². The third-order valence-electron chi connectivity index (χ3n) is 5.00. The van der Waals surface area contributed by atoms with E-state index in [0.717, 1.165) is 5.56 Å². The second kappa shape index (κ2) is 14.9. The molecule has 37 heavy (non-hydrogen) atoms. The first kappa shape index (κ1) is 31.5. The Morgan fingerprint density at radius 2 is 1.46 bits per heavy atom. The molecule has 0 saturated heterocycles. The van der Waals surface area contributed by atoms with Gasteiger partial charge in [0.2, 0.25) is 5.75 Å². The summed E-state index contributed by atoms with van der Waals surface area (Å²) in [7, 11) is 6.06. The van der Waals surface area contributed by atoms with Gasteiger partial charge in [0.15, 0.2) is 28.8 Å². The molecule has 0 atom stereocenters. The molecule has 0 aliphatic rings. The van der Waals surface area contributed by atoms with Crippen LogP contribution in [0.25, 0.3) is 12.2 Å². The molecule has 0 fully saturated rings. The molecule has 0 spiro atoms. The van der Waals surface area contributed by atoms with Crippen LogP contribution in [0.5, 0.6) is 34.5 Å². The van der Waals surface area contributed by atoms with Gasteiger partial charge in [-0.2, -0.15) is 12.1 Å². The summed E-state index contributed by atoms with van der Waals surface area (Å²) in [5, 5.41) is 22.9. The van der Waals surface area contributed by atoms with E-state index in [1.54, 1.807) is 50.6 Å². The first-order valence-electron chi connectivity index (χ1n) is 10.5. The van der Waals surface area contributed by atoms with Gasteiger partial charge >= 0.3 is 31.1 Å². The van der Waals surface area contributed by atoms with Gasteiger partial charge in [-0.25, -0.2) is 0 Å². The second-order valence-electron chi connectivity index (χ2n) is 7.22. The van der Waals surface area contributed by atoms with E-state index in [4.69, 9.17) is 18.9 Å². The molecule has 0 unspecified atom stereocenters. The van der Waals surface area contributed by atoms with Crippen LogP contribution in [-0.4, -0.2) is 44.4 Å². The topological polar surface area (TPSA) is 106 Å². The van der Waals surface area contributed by atoms with Crippen LogP contribution in [0.2, 0.25) is 0 Å². The first-order chi connectivity index (χ1) is 16.9. The van der Waals surface area contributed by atoms with Crippen molar-refractivity contribution in [1.29, 1.82) is 0 Å². The number of rotatable bonds is 10. The summed E-state index contributed by atoms with van der Waals surface area (Å²) >= 11 is 0. The molecule has 3 N–H and O–H groups in total. The number of nitrogens with one attached hydrogen (secondary N) is 1. The molecule has 0 bridgehead atoms. The van der Waals surface area contributed by atoms with Gasteiger partial charge in [-0.05, 0) is 41.5 Å². The fraction of sp³-hybridized carbons (Fsp3) is 0.143. The molecule has 0 saturated carbocycles. The Balaban J connectivity index is 0.00000342. The van der Waals surface area contributed by atoms with Crippen LogP contribution >= 0.6 is 0 Å². The van der Waals surface area contributed by atoms with Crippen molar-refractivity contribution in [2.24, 2.45) is 0 Å². The third kappa shape index (κ3) is 7.97. The fourth-order valence-corrected chi connectivity index (χ4v) is 3.35. The molecular formula is C28H29NO7U. The quantitative estimate of drug-likeness (QED) is 0.111. The van der Waals surface area contributed by atoms with Gasteiger partial charge in [-0.3, -0.25) is 4.79 Å². The Morgan fingerprint density at radius 3 is 2.00 bits per heavy atom. The Kier molecular flexibility index (Phi) is 12.7. The van der Waals surface area contributed by atoms with Crippen LogP contribution in [0.4, 0.5) is 5.69 Å². The molecule has 0 aliphatic carbocycles. The number of methoxy groups -OCH3 is 4. The number of carbonyl (C=O) groups is 1. The first-order valence-corrected chi connectivity index (χ1v) is 10.5. The minimum absolute atomic E-state index is 0. The number of carbonyl (C=O) groups excluding carboxylic acids is 1. The summed E-state index contributed by atoms with van der Waals surface area (Å²) in [5.41, 5.74) is 2.22.